The number of nitrogens with one attached hydrogen (secondary N) is 2. The van der Waals surface area contributed by atoms with E-state index in [1.165, 1.54) is 0 Å². The number of aryl methyl sites for hydroxylation is 1. The van der Waals surface area contributed by atoms with E-state index >= 15 is 0 Å². The molecule has 0 fully saturated rings. The normalized spacial score (nSPS) is 11.4. The molecule has 2 aromatic heterocycles. The first-order chi connectivity index (χ1) is 12.6. The number of anilines is 2. The van der Waals surface area contributed by atoms with Crippen molar-refractivity contribution in [3.8, 4) is 11.1 Å². The van der Waals surface area contributed by atoms with Crippen LogP contribution in [0, 0.1) is 6.92 Å². The molecular weight excluding hydrogens is 326 g/mol. The number of benzene rings is 2. The van der Waals surface area contributed by atoms with Crippen molar-refractivity contribution in [1.29, 1.82) is 0 Å². The van der Waals surface area contributed by atoms with Crippen molar-refractivity contribution < 1.29 is 4.52 Å². The third kappa shape index (κ3) is 2.63. The van der Waals surface area contributed by atoms with Crippen LogP contribution in [0.25, 0.3) is 32.9 Å². The van der Waals surface area contributed by atoms with Crippen LogP contribution in [0.5, 0.6) is 0 Å². The Kier molecular flexibility index (Phi) is 3.95. The molecule has 4 aromatic rings. The number of nitrogens with zero attached hydrogens (tertiary/aromatic N) is 3. The summed E-state index contributed by atoms with van der Waals surface area (Å²) in [5.74, 6) is 1.55. The number of rotatable bonds is 4. The van der Waals surface area contributed by atoms with E-state index in [2.05, 4.69) is 71.0 Å². The highest BCUT2D eigenvalue weighted by Gasteiger charge is 2.16. The first-order valence-electron chi connectivity index (χ1n) is 8.67. The number of hydrogen-bond acceptors (Lipinski definition) is 6. The predicted octanol–water partition coefficient (Wildman–Crippen LogP) is 4.61. The molecule has 2 aromatic carbocycles. The Balaban J connectivity index is 1.91. The van der Waals surface area contributed by atoms with E-state index in [0.717, 1.165) is 50.1 Å². The van der Waals surface area contributed by atoms with Crippen molar-refractivity contribution in [3.05, 3.63) is 42.1 Å². The zero-order valence-electron chi connectivity index (χ0n) is 15.3. The fourth-order valence-electron chi connectivity index (χ4n) is 3.27. The highest BCUT2D eigenvalue weighted by molar-refractivity contribution is 6.02. The van der Waals surface area contributed by atoms with Crippen LogP contribution in [0.15, 0.2) is 41.1 Å². The lowest BCUT2D eigenvalue weighted by Crippen LogP contribution is -2.11. The second kappa shape index (κ2) is 6.29. The van der Waals surface area contributed by atoms with E-state index in [4.69, 9.17) is 4.52 Å². The molecule has 0 aliphatic rings. The highest BCUT2D eigenvalue weighted by atomic mass is 16.5. The second-order valence-electron chi connectivity index (χ2n) is 6.71. The lowest BCUT2D eigenvalue weighted by Gasteiger charge is -2.12. The molecule has 0 radical (unpaired) electrons. The lowest BCUT2D eigenvalue weighted by atomic mass is 9.96. The Bertz CT molecular complexity index is 1100. The zero-order valence-corrected chi connectivity index (χ0v) is 15.3. The minimum atomic E-state index is 0.291. The summed E-state index contributed by atoms with van der Waals surface area (Å²) in [7, 11) is 1.84. The van der Waals surface area contributed by atoms with Gasteiger partial charge in [0.25, 0.3) is 0 Å². The third-order valence-electron chi connectivity index (χ3n) is 4.46. The van der Waals surface area contributed by atoms with Gasteiger partial charge in [0.2, 0.25) is 0 Å². The summed E-state index contributed by atoms with van der Waals surface area (Å²) in [6, 6.07) is 10.7. The van der Waals surface area contributed by atoms with Crippen LogP contribution in [-0.2, 0) is 0 Å². The molecule has 0 spiro atoms. The zero-order chi connectivity index (χ0) is 18.3. The molecule has 0 aliphatic heterocycles. The van der Waals surface area contributed by atoms with Crippen molar-refractivity contribution in [2.24, 2.45) is 0 Å². The molecule has 0 atom stereocenters. The summed E-state index contributed by atoms with van der Waals surface area (Å²) < 4.78 is 5.64. The van der Waals surface area contributed by atoms with E-state index in [1.807, 2.05) is 13.1 Å². The molecule has 0 bridgehead atoms. The topological polar surface area (TPSA) is 75.9 Å². The quantitative estimate of drug-likeness (QED) is 0.561. The molecule has 0 amide bonds. The molecule has 0 saturated heterocycles. The molecular formula is C20H21N5O. The number of hydrogen-bond donors (Lipinski definition) is 2. The third-order valence-corrected chi connectivity index (χ3v) is 4.46. The Morgan fingerprint density at radius 1 is 1.04 bits per heavy atom. The largest absolute Gasteiger partial charge is 0.370 e. The van der Waals surface area contributed by atoms with Crippen LogP contribution in [0.2, 0.25) is 0 Å². The maximum atomic E-state index is 5.64. The van der Waals surface area contributed by atoms with Gasteiger partial charge < -0.3 is 15.2 Å². The average Bonchev–Trinajstić information content (AvgIpc) is 3.04. The molecule has 132 valence electrons. The van der Waals surface area contributed by atoms with Crippen molar-refractivity contribution in [1.82, 2.24) is 15.4 Å². The minimum Gasteiger partial charge on any atom is -0.370 e. The molecule has 2 N–H and O–H groups in total. The van der Waals surface area contributed by atoms with Gasteiger partial charge >= 0.3 is 0 Å². The maximum absolute atomic E-state index is 5.64. The fraction of sp³-hybridized carbons (Fsp3) is 0.250. The van der Waals surface area contributed by atoms with Gasteiger partial charge in [-0.3, -0.25) is 0 Å². The van der Waals surface area contributed by atoms with Crippen molar-refractivity contribution in [2.75, 3.05) is 17.7 Å². The second-order valence-corrected chi connectivity index (χ2v) is 6.71. The molecule has 4 rings (SSSR count). The van der Waals surface area contributed by atoms with E-state index in [1.54, 1.807) is 6.20 Å². The summed E-state index contributed by atoms with van der Waals surface area (Å²) in [6.45, 7) is 6.25. The van der Waals surface area contributed by atoms with E-state index in [9.17, 15) is 0 Å². The van der Waals surface area contributed by atoms with Gasteiger partial charge in [0.1, 0.15) is 0 Å². The van der Waals surface area contributed by atoms with Gasteiger partial charge in [0.15, 0.2) is 17.2 Å². The van der Waals surface area contributed by atoms with Crippen LogP contribution in [0.4, 0.5) is 11.6 Å². The van der Waals surface area contributed by atoms with Crippen LogP contribution in [0.3, 0.4) is 0 Å². The predicted molar refractivity (Wildman–Crippen MR) is 106 cm³/mol. The van der Waals surface area contributed by atoms with Gasteiger partial charge in [-0.25, -0.2) is 0 Å². The van der Waals surface area contributed by atoms with Crippen LogP contribution >= 0.6 is 0 Å². The Hall–Kier alpha value is -3.15. The van der Waals surface area contributed by atoms with Crippen molar-refractivity contribution in [3.63, 3.8) is 0 Å². The standard InChI is InChI=1S/C20H21N5O/c1-11(2)23-20-15-8-6-13(9-14(15)10-22-24-20)17-12(3)5-7-16-18(17)26-25-19(16)21-4/h5-11H,1-4H3,(H,21,25)(H,23,24). The number of aromatic nitrogens is 3. The van der Waals surface area contributed by atoms with Gasteiger partial charge in [-0.05, 0) is 50.1 Å². The Morgan fingerprint density at radius 2 is 1.85 bits per heavy atom. The van der Waals surface area contributed by atoms with E-state index in [0.29, 0.717) is 6.04 Å². The van der Waals surface area contributed by atoms with Gasteiger partial charge in [-0.1, -0.05) is 17.3 Å². The molecule has 0 aliphatic carbocycles. The van der Waals surface area contributed by atoms with Crippen LogP contribution in [-0.4, -0.2) is 28.4 Å². The fourth-order valence-corrected chi connectivity index (χ4v) is 3.27. The molecule has 6 heteroatoms. The Morgan fingerprint density at radius 3 is 2.62 bits per heavy atom. The Labute approximate surface area is 151 Å². The van der Waals surface area contributed by atoms with E-state index < -0.39 is 0 Å². The van der Waals surface area contributed by atoms with Crippen LogP contribution in [0.1, 0.15) is 19.4 Å². The van der Waals surface area contributed by atoms with Gasteiger partial charge in [0, 0.05) is 29.4 Å². The SMILES string of the molecule is CNc1noc2c(-c3ccc4c(NC(C)C)nncc4c3)c(C)ccc12. The summed E-state index contributed by atoms with van der Waals surface area (Å²) in [6.07, 6.45) is 1.79. The smallest absolute Gasteiger partial charge is 0.177 e. The molecule has 0 saturated carbocycles. The summed E-state index contributed by atoms with van der Waals surface area (Å²) in [4.78, 5) is 0. The van der Waals surface area contributed by atoms with Crippen LogP contribution < -0.4 is 10.6 Å². The highest BCUT2D eigenvalue weighted by Crippen LogP contribution is 2.36. The number of fused-ring (bicyclic) bond motifs is 2. The average molecular weight is 347 g/mol. The lowest BCUT2D eigenvalue weighted by molar-refractivity contribution is 0.460. The maximum Gasteiger partial charge on any atom is 0.177 e. The minimum absolute atomic E-state index is 0.291. The monoisotopic (exact) mass is 347 g/mol. The molecule has 0 unspecified atom stereocenters. The first kappa shape index (κ1) is 16.3. The van der Waals surface area contributed by atoms with Crippen molar-refractivity contribution in [2.45, 2.75) is 26.8 Å². The summed E-state index contributed by atoms with van der Waals surface area (Å²) in [5, 5.41) is 22.0. The molecule has 26 heavy (non-hydrogen) atoms. The summed E-state index contributed by atoms with van der Waals surface area (Å²) >= 11 is 0. The first-order valence-corrected chi connectivity index (χ1v) is 8.67. The summed E-state index contributed by atoms with van der Waals surface area (Å²) in [5.41, 5.74) is 4.05. The van der Waals surface area contributed by atoms with Gasteiger partial charge in [-0.15, -0.1) is 5.10 Å². The molecule has 6 nitrogen and oxygen atoms in total. The van der Waals surface area contributed by atoms with Gasteiger partial charge in [-0.2, -0.15) is 5.10 Å². The van der Waals surface area contributed by atoms with E-state index in [-0.39, 0.29) is 0 Å². The molecule has 2 heterocycles. The van der Waals surface area contributed by atoms with Gasteiger partial charge in [0.05, 0.1) is 11.6 Å². The van der Waals surface area contributed by atoms with Crippen molar-refractivity contribution >= 4 is 33.4 Å².